The second-order valence-electron chi connectivity index (χ2n) is 7.23. The largest absolute Gasteiger partial charge is 0.356 e. The number of rotatable bonds is 2. The van der Waals surface area contributed by atoms with E-state index in [0.717, 1.165) is 41.3 Å². The molecule has 0 saturated carbocycles. The van der Waals surface area contributed by atoms with Crippen LogP contribution in [0.3, 0.4) is 0 Å². The van der Waals surface area contributed by atoms with Gasteiger partial charge in [0.2, 0.25) is 0 Å². The maximum atomic E-state index is 4.97. The molecular formula is C21H26N4. The third kappa shape index (κ3) is 3.01. The lowest BCUT2D eigenvalue weighted by Crippen LogP contribution is -2.26. The molecule has 1 aliphatic rings. The van der Waals surface area contributed by atoms with Gasteiger partial charge in [-0.3, -0.25) is 0 Å². The molecule has 2 aromatic heterocycles. The van der Waals surface area contributed by atoms with E-state index in [9.17, 15) is 0 Å². The summed E-state index contributed by atoms with van der Waals surface area (Å²) >= 11 is 0. The number of benzene rings is 1. The monoisotopic (exact) mass is 334 g/mol. The van der Waals surface area contributed by atoms with Crippen LogP contribution >= 0.6 is 0 Å². The molecule has 0 N–H and O–H groups in total. The fourth-order valence-corrected chi connectivity index (χ4v) is 3.74. The summed E-state index contributed by atoms with van der Waals surface area (Å²) in [4.78, 5) is 7.28. The second kappa shape index (κ2) is 6.51. The van der Waals surface area contributed by atoms with Crippen molar-refractivity contribution >= 4 is 11.5 Å². The van der Waals surface area contributed by atoms with E-state index in [1.807, 2.05) is 0 Å². The predicted molar refractivity (Wildman–Crippen MR) is 103 cm³/mol. The number of nitrogens with zero attached hydrogens (tertiary/aromatic N) is 4. The molecule has 0 spiro atoms. The predicted octanol–water partition coefficient (Wildman–Crippen LogP) is 4.70. The number of hydrogen-bond acceptors (Lipinski definition) is 3. The van der Waals surface area contributed by atoms with Crippen molar-refractivity contribution in [3.05, 3.63) is 47.2 Å². The van der Waals surface area contributed by atoms with E-state index in [0.29, 0.717) is 0 Å². The van der Waals surface area contributed by atoms with Crippen molar-refractivity contribution in [2.45, 2.75) is 46.5 Å². The Kier molecular flexibility index (Phi) is 4.20. The summed E-state index contributed by atoms with van der Waals surface area (Å²) < 4.78 is 2.06. The summed E-state index contributed by atoms with van der Waals surface area (Å²) in [7, 11) is 0. The Balaban J connectivity index is 1.87. The zero-order valence-corrected chi connectivity index (χ0v) is 15.4. The third-order valence-electron chi connectivity index (χ3n) is 5.18. The second-order valence-corrected chi connectivity index (χ2v) is 7.23. The first-order chi connectivity index (χ1) is 12.1. The van der Waals surface area contributed by atoms with Crippen molar-refractivity contribution in [3.8, 4) is 11.3 Å². The fourth-order valence-electron chi connectivity index (χ4n) is 3.74. The van der Waals surface area contributed by atoms with Crippen LogP contribution in [0.2, 0.25) is 0 Å². The van der Waals surface area contributed by atoms with Gasteiger partial charge in [-0.15, -0.1) is 0 Å². The summed E-state index contributed by atoms with van der Waals surface area (Å²) in [5, 5.41) is 4.97. The smallest absolute Gasteiger partial charge is 0.161 e. The van der Waals surface area contributed by atoms with Crippen molar-refractivity contribution in [2.24, 2.45) is 0 Å². The molecule has 25 heavy (non-hydrogen) atoms. The highest BCUT2D eigenvalue weighted by atomic mass is 15.4. The van der Waals surface area contributed by atoms with E-state index >= 15 is 0 Å². The van der Waals surface area contributed by atoms with E-state index in [1.165, 1.54) is 37.1 Å². The molecule has 1 saturated heterocycles. The van der Waals surface area contributed by atoms with Crippen LogP contribution in [0.1, 0.15) is 42.5 Å². The van der Waals surface area contributed by atoms with E-state index < -0.39 is 0 Å². The molecular weight excluding hydrogens is 308 g/mol. The number of anilines is 1. The van der Waals surface area contributed by atoms with Crippen molar-refractivity contribution in [1.29, 1.82) is 0 Å². The van der Waals surface area contributed by atoms with Crippen molar-refractivity contribution < 1.29 is 0 Å². The van der Waals surface area contributed by atoms with Gasteiger partial charge in [0.05, 0.1) is 5.69 Å². The molecule has 0 radical (unpaired) electrons. The van der Waals surface area contributed by atoms with E-state index in [4.69, 9.17) is 10.1 Å². The number of aromatic nitrogens is 3. The lowest BCUT2D eigenvalue weighted by Gasteiger charge is -2.23. The highest BCUT2D eigenvalue weighted by molar-refractivity contribution is 5.72. The molecule has 1 aromatic carbocycles. The van der Waals surface area contributed by atoms with Gasteiger partial charge in [0, 0.05) is 36.0 Å². The summed E-state index contributed by atoms with van der Waals surface area (Å²) in [6.45, 7) is 8.55. The molecule has 4 heteroatoms. The van der Waals surface area contributed by atoms with Gasteiger partial charge in [0.15, 0.2) is 5.65 Å². The highest BCUT2D eigenvalue weighted by Gasteiger charge is 2.19. The zero-order chi connectivity index (χ0) is 17.4. The molecule has 4 nitrogen and oxygen atoms in total. The number of fused-ring (bicyclic) bond motifs is 1. The standard InChI is InChI=1S/C21H26N4/c1-15-8-10-18(11-9-15)20-17(3)21-22-16(2)14-19(25(21)23-20)24-12-6-4-5-7-13-24/h8-11,14H,4-7,12-13H2,1-3H3. The lowest BCUT2D eigenvalue weighted by atomic mass is 10.1. The first-order valence-electron chi connectivity index (χ1n) is 9.32. The van der Waals surface area contributed by atoms with Crippen LogP contribution in [0.5, 0.6) is 0 Å². The minimum atomic E-state index is 0.981. The maximum Gasteiger partial charge on any atom is 0.161 e. The van der Waals surface area contributed by atoms with Crippen LogP contribution < -0.4 is 4.90 Å². The molecule has 130 valence electrons. The molecule has 0 aliphatic carbocycles. The highest BCUT2D eigenvalue weighted by Crippen LogP contribution is 2.29. The van der Waals surface area contributed by atoms with Gasteiger partial charge in [0.25, 0.3) is 0 Å². The summed E-state index contributed by atoms with van der Waals surface area (Å²) in [6.07, 6.45) is 5.18. The molecule has 0 bridgehead atoms. The molecule has 1 aliphatic heterocycles. The van der Waals surface area contributed by atoms with Crippen molar-refractivity contribution in [2.75, 3.05) is 18.0 Å². The van der Waals surface area contributed by atoms with Crippen LogP contribution in [0, 0.1) is 20.8 Å². The molecule has 1 fully saturated rings. The quantitative estimate of drug-likeness (QED) is 0.681. The van der Waals surface area contributed by atoms with Gasteiger partial charge in [0.1, 0.15) is 5.82 Å². The molecule has 4 rings (SSSR count). The van der Waals surface area contributed by atoms with Gasteiger partial charge >= 0.3 is 0 Å². The normalized spacial score (nSPS) is 15.6. The summed E-state index contributed by atoms with van der Waals surface area (Å²) in [5.41, 5.74) is 6.66. The van der Waals surface area contributed by atoms with E-state index in [-0.39, 0.29) is 0 Å². The molecule has 3 aromatic rings. The minimum Gasteiger partial charge on any atom is -0.356 e. The minimum absolute atomic E-state index is 0.981. The van der Waals surface area contributed by atoms with Gasteiger partial charge in [-0.1, -0.05) is 42.7 Å². The average Bonchev–Trinajstić information content (AvgIpc) is 2.79. The third-order valence-corrected chi connectivity index (χ3v) is 5.18. The number of hydrogen-bond donors (Lipinski definition) is 0. The van der Waals surface area contributed by atoms with Crippen LogP contribution in [0.25, 0.3) is 16.9 Å². The molecule has 0 unspecified atom stereocenters. The van der Waals surface area contributed by atoms with E-state index in [1.54, 1.807) is 0 Å². The maximum absolute atomic E-state index is 4.97. The van der Waals surface area contributed by atoms with Gasteiger partial charge < -0.3 is 4.90 Å². The summed E-state index contributed by atoms with van der Waals surface area (Å²) in [5.74, 6) is 1.19. The topological polar surface area (TPSA) is 33.4 Å². The van der Waals surface area contributed by atoms with Gasteiger partial charge in [-0.2, -0.15) is 9.61 Å². The van der Waals surface area contributed by atoms with Gasteiger partial charge in [-0.25, -0.2) is 4.98 Å². The van der Waals surface area contributed by atoms with Crippen molar-refractivity contribution in [1.82, 2.24) is 14.6 Å². The van der Waals surface area contributed by atoms with Crippen LogP contribution in [0.15, 0.2) is 30.3 Å². The van der Waals surface area contributed by atoms with Crippen molar-refractivity contribution in [3.63, 3.8) is 0 Å². The Bertz CT molecular complexity index is 884. The first kappa shape index (κ1) is 16.1. The van der Waals surface area contributed by atoms with Crippen LogP contribution in [0.4, 0.5) is 5.82 Å². The Hall–Kier alpha value is -2.36. The Labute approximate surface area is 149 Å². The average molecular weight is 334 g/mol. The van der Waals surface area contributed by atoms with Crippen LogP contribution in [-0.2, 0) is 0 Å². The molecule has 0 amide bonds. The van der Waals surface area contributed by atoms with E-state index in [2.05, 4.69) is 60.5 Å². The Morgan fingerprint density at radius 1 is 0.880 bits per heavy atom. The summed E-state index contributed by atoms with van der Waals surface area (Å²) in [6, 6.07) is 10.8. The molecule has 3 heterocycles. The zero-order valence-electron chi connectivity index (χ0n) is 15.4. The molecule has 0 atom stereocenters. The number of aryl methyl sites for hydroxylation is 3. The SMILES string of the molecule is Cc1ccc(-c2nn3c(N4CCCCCC4)cc(C)nc3c2C)cc1. The van der Waals surface area contributed by atoms with Crippen LogP contribution in [-0.4, -0.2) is 27.7 Å². The Morgan fingerprint density at radius 2 is 1.56 bits per heavy atom. The fraction of sp³-hybridized carbons (Fsp3) is 0.429. The van der Waals surface area contributed by atoms with Gasteiger partial charge in [-0.05, 0) is 33.6 Å². The first-order valence-corrected chi connectivity index (χ1v) is 9.32. The Morgan fingerprint density at radius 3 is 2.24 bits per heavy atom. The lowest BCUT2D eigenvalue weighted by molar-refractivity contribution is 0.726.